The summed E-state index contributed by atoms with van der Waals surface area (Å²) in [5.41, 5.74) is -3.38. The standard InChI is InChI=1S/C18H15FN4O2/c1-3-13-16(2)24-14(11-4-6-12(19)7-5-11)17(8-20,9-21)18(13,10-22)15(23)25-16/h4-7,13-14,23H,3H2,1-2H3. The Bertz CT molecular complexity index is 849. The zero-order valence-electron chi connectivity index (χ0n) is 13.7. The molecule has 2 saturated heterocycles. The average molecular weight is 338 g/mol. The van der Waals surface area contributed by atoms with Crippen LogP contribution in [0.2, 0.25) is 0 Å². The highest BCUT2D eigenvalue weighted by atomic mass is 19.1. The van der Waals surface area contributed by atoms with Crippen LogP contribution in [0.25, 0.3) is 0 Å². The van der Waals surface area contributed by atoms with E-state index in [0.717, 1.165) is 0 Å². The summed E-state index contributed by atoms with van der Waals surface area (Å²) in [4.78, 5) is 0. The van der Waals surface area contributed by atoms with E-state index in [9.17, 15) is 20.2 Å². The van der Waals surface area contributed by atoms with Crippen LogP contribution in [0.3, 0.4) is 0 Å². The van der Waals surface area contributed by atoms with E-state index in [2.05, 4.69) is 0 Å². The van der Waals surface area contributed by atoms with Crippen LogP contribution in [0.4, 0.5) is 4.39 Å². The Labute approximate surface area is 144 Å². The largest absolute Gasteiger partial charge is 0.448 e. The van der Waals surface area contributed by atoms with Crippen molar-refractivity contribution in [2.45, 2.75) is 32.2 Å². The van der Waals surface area contributed by atoms with E-state index in [1.807, 2.05) is 18.2 Å². The highest BCUT2D eigenvalue weighted by molar-refractivity contribution is 5.89. The number of halogens is 1. The molecule has 4 unspecified atom stereocenters. The molecule has 2 aliphatic heterocycles. The minimum atomic E-state index is -1.99. The predicted molar refractivity (Wildman–Crippen MR) is 82.9 cm³/mol. The Kier molecular flexibility index (Phi) is 3.56. The first-order valence-electron chi connectivity index (χ1n) is 7.80. The molecule has 4 atom stereocenters. The summed E-state index contributed by atoms with van der Waals surface area (Å²) in [5.74, 6) is -2.89. The number of hydrogen-bond donors (Lipinski definition) is 1. The van der Waals surface area contributed by atoms with E-state index >= 15 is 0 Å². The van der Waals surface area contributed by atoms with Gasteiger partial charge in [-0.05, 0) is 24.1 Å². The van der Waals surface area contributed by atoms with Gasteiger partial charge in [0.15, 0.2) is 5.41 Å². The average Bonchev–Trinajstić information content (AvgIpc) is 2.78. The molecule has 2 fully saturated rings. The molecule has 126 valence electrons. The van der Waals surface area contributed by atoms with E-state index in [1.54, 1.807) is 13.8 Å². The van der Waals surface area contributed by atoms with Gasteiger partial charge in [-0.2, -0.15) is 15.8 Å². The number of hydrogen-bond acceptors (Lipinski definition) is 6. The van der Waals surface area contributed by atoms with Gasteiger partial charge in [0.25, 0.3) is 0 Å². The maximum atomic E-state index is 13.3. The molecule has 0 amide bonds. The van der Waals surface area contributed by atoms with Crippen LogP contribution >= 0.6 is 0 Å². The smallest absolute Gasteiger partial charge is 0.214 e. The Morgan fingerprint density at radius 2 is 1.76 bits per heavy atom. The SMILES string of the molecule is CCC1C2(C)OC(=N)C1(C#N)C(C#N)(C#N)C(c1ccc(F)cc1)O2. The van der Waals surface area contributed by atoms with Gasteiger partial charge >= 0.3 is 0 Å². The second-order valence-corrected chi connectivity index (χ2v) is 6.41. The zero-order chi connectivity index (χ0) is 18.5. The van der Waals surface area contributed by atoms with Crippen molar-refractivity contribution in [3.63, 3.8) is 0 Å². The topological polar surface area (TPSA) is 114 Å². The van der Waals surface area contributed by atoms with Crippen molar-refractivity contribution in [1.29, 1.82) is 21.2 Å². The number of benzene rings is 1. The summed E-state index contributed by atoms with van der Waals surface area (Å²) in [6, 6.07) is 11.1. The fraction of sp³-hybridized carbons (Fsp3) is 0.444. The minimum absolute atomic E-state index is 0.378. The van der Waals surface area contributed by atoms with Gasteiger partial charge in [0, 0.05) is 6.92 Å². The first-order valence-corrected chi connectivity index (χ1v) is 7.80. The van der Waals surface area contributed by atoms with Crippen LogP contribution in [0.15, 0.2) is 24.3 Å². The maximum Gasteiger partial charge on any atom is 0.214 e. The van der Waals surface area contributed by atoms with Crippen molar-refractivity contribution in [2.75, 3.05) is 0 Å². The molecule has 1 N–H and O–H groups in total. The van der Waals surface area contributed by atoms with E-state index in [-0.39, 0.29) is 0 Å². The van der Waals surface area contributed by atoms with Gasteiger partial charge < -0.3 is 9.47 Å². The molecule has 3 rings (SSSR count). The van der Waals surface area contributed by atoms with Crippen LogP contribution in [0, 0.1) is 62.0 Å². The highest BCUT2D eigenvalue weighted by Crippen LogP contribution is 2.67. The lowest BCUT2D eigenvalue weighted by molar-refractivity contribution is -0.273. The van der Waals surface area contributed by atoms with Crippen molar-refractivity contribution in [2.24, 2.45) is 16.7 Å². The molecule has 0 aliphatic carbocycles. The Hall–Kier alpha value is -2.95. The van der Waals surface area contributed by atoms with E-state index < -0.39 is 40.4 Å². The first-order chi connectivity index (χ1) is 11.8. The Morgan fingerprint density at radius 3 is 2.24 bits per heavy atom. The van der Waals surface area contributed by atoms with Gasteiger partial charge in [0.05, 0.1) is 24.1 Å². The zero-order valence-corrected chi connectivity index (χ0v) is 13.7. The summed E-state index contributed by atoms with van der Waals surface area (Å²) < 4.78 is 24.9. The fourth-order valence-electron chi connectivity index (χ4n) is 4.16. The molecule has 0 saturated carbocycles. The lowest BCUT2D eigenvalue weighted by Gasteiger charge is -2.48. The van der Waals surface area contributed by atoms with Gasteiger partial charge in [-0.1, -0.05) is 19.1 Å². The van der Waals surface area contributed by atoms with Gasteiger partial charge in [-0.15, -0.1) is 0 Å². The number of ether oxygens (including phenoxy) is 2. The monoisotopic (exact) mass is 338 g/mol. The van der Waals surface area contributed by atoms with Crippen molar-refractivity contribution in [3.8, 4) is 18.2 Å². The number of rotatable bonds is 2. The summed E-state index contributed by atoms with van der Waals surface area (Å²) in [6.07, 6.45) is -0.772. The quantitative estimate of drug-likeness (QED) is 0.889. The van der Waals surface area contributed by atoms with E-state index in [0.29, 0.717) is 12.0 Å². The molecule has 2 aliphatic rings. The third-order valence-electron chi connectivity index (χ3n) is 5.30. The molecule has 0 spiro atoms. The van der Waals surface area contributed by atoms with Crippen LogP contribution in [-0.4, -0.2) is 11.7 Å². The van der Waals surface area contributed by atoms with Crippen molar-refractivity contribution >= 4 is 5.90 Å². The number of nitrogens with one attached hydrogen (secondary N) is 1. The van der Waals surface area contributed by atoms with E-state index in [1.165, 1.54) is 24.3 Å². The molecule has 0 radical (unpaired) electrons. The molecule has 25 heavy (non-hydrogen) atoms. The second-order valence-electron chi connectivity index (χ2n) is 6.41. The maximum absolute atomic E-state index is 13.3. The predicted octanol–water partition coefficient (Wildman–Crippen LogP) is 3.19. The number of nitriles is 3. The van der Waals surface area contributed by atoms with Gasteiger partial charge in [0.1, 0.15) is 11.9 Å². The summed E-state index contributed by atoms with van der Waals surface area (Å²) >= 11 is 0. The summed E-state index contributed by atoms with van der Waals surface area (Å²) in [5, 5.41) is 38.1. The Balaban J connectivity index is 2.32. The summed E-state index contributed by atoms with van der Waals surface area (Å²) in [6.45, 7) is 3.39. The van der Waals surface area contributed by atoms with E-state index in [4.69, 9.17) is 14.9 Å². The first kappa shape index (κ1) is 16.9. The van der Waals surface area contributed by atoms with Crippen molar-refractivity contribution in [1.82, 2.24) is 0 Å². The molecule has 1 aromatic carbocycles. The molecule has 7 heteroatoms. The third-order valence-corrected chi connectivity index (χ3v) is 5.30. The third kappa shape index (κ3) is 1.81. The normalized spacial score (nSPS) is 35.1. The number of nitrogens with zero attached hydrogens (tertiary/aromatic N) is 3. The lowest BCUT2D eigenvalue weighted by Crippen LogP contribution is -2.58. The molecule has 2 heterocycles. The van der Waals surface area contributed by atoms with Gasteiger partial charge in [0.2, 0.25) is 17.1 Å². The van der Waals surface area contributed by atoms with Crippen LogP contribution < -0.4 is 0 Å². The Morgan fingerprint density at radius 1 is 1.16 bits per heavy atom. The van der Waals surface area contributed by atoms with Crippen LogP contribution in [0.5, 0.6) is 0 Å². The molecular weight excluding hydrogens is 323 g/mol. The number of fused-ring (bicyclic) bond motifs is 2. The second kappa shape index (κ2) is 5.28. The van der Waals surface area contributed by atoms with Crippen molar-refractivity contribution < 1.29 is 13.9 Å². The fourth-order valence-corrected chi connectivity index (χ4v) is 4.16. The molecule has 2 bridgehead atoms. The molecular formula is C18H15FN4O2. The molecule has 6 nitrogen and oxygen atoms in total. The molecule has 1 aromatic rings. The molecule has 0 aromatic heterocycles. The lowest BCUT2D eigenvalue weighted by atomic mass is 9.53. The highest BCUT2D eigenvalue weighted by Gasteiger charge is 2.78. The van der Waals surface area contributed by atoms with Crippen molar-refractivity contribution in [3.05, 3.63) is 35.6 Å². The van der Waals surface area contributed by atoms with Gasteiger partial charge in [-0.25, -0.2) is 4.39 Å². The van der Waals surface area contributed by atoms with Gasteiger partial charge in [-0.3, -0.25) is 5.41 Å². The summed E-state index contributed by atoms with van der Waals surface area (Å²) in [7, 11) is 0. The van der Waals surface area contributed by atoms with Crippen LogP contribution in [-0.2, 0) is 9.47 Å². The van der Waals surface area contributed by atoms with Crippen LogP contribution in [0.1, 0.15) is 31.9 Å². The minimum Gasteiger partial charge on any atom is -0.448 e.